The van der Waals surface area contributed by atoms with Gasteiger partial charge in [0.15, 0.2) is 0 Å². The molecule has 0 aromatic heterocycles. The molecule has 3 aliphatic rings. The van der Waals surface area contributed by atoms with Crippen LogP contribution in [0.1, 0.15) is 25.3 Å². The van der Waals surface area contributed by atoms with Crippen LogP contribution in [0.4, 0.5) is 0 Å². The molecule has 3 nitrogen and oxygen atoms in total. The number of hydrogen-bond donors (Lipinski definition) is 0. The summed E-state index contributed by atoms with van der Waals surface area (Å²) in [6.45, 7) is 5.87. The van der Waals surface area contributed by atoms with Crippen LogP contribution in [0.3, 0.4) is 0 Å². The lowest BCUT2D eigenvalue weighted by Crippen LogP contribution is -2.46. The van der Waals surface area contributed by atoms with Crippen LogP contribution >= 0.6 is 0 Å². The Morgan fingerprint density at radius 1 is 1.21 bits per heavy atom. The normalized spacial score (nSPS) is 31.1. The van der Waals surface area contributed by atoms with E-state index >= 15 is 0 Å². The molecule has 0 N–H and O–H groups in total. The molecule has 3 aliphatic heterocycles. The fourth-order valence-corrected chi connectivity index (χ4v) is 3.43. The molecule has 1 atom stereocenters. The first-order chi connectivity index (χ1) is 9.24. The Morgan fingerprint density at radius 2 is 1.89 bits per heavy atom. The van der Waals surface area contributed by atoms with Gasteiger partial charge in [0.1, 0.15) is 5.78 Å². The first-order valence-electron chi connectivity index (χ1n) is 7.26. The predicted octanol–water partition coefficient (Wildman–Crippen LogP) is 1.92. The highest BCUT2D eigenvalue weighted by Crippen LogP contribution is 2.26. The van der Waals surface area contributed by atoms with Gasteiger partial charge in [-0.15, -0.1) is 0 Å². The van der Waals surface area contributed by atoms with Crippen molar-refractivity contribution < 1.29 is 4.79 Å². The van der Waals surface area contributed by atoms with Gasteiger partial charge in [-0.25, -0.2) is 0 Å². The van der Waals surface area contributed by atoms with Gasteiger partial charge in [0.25, 0.3) is 0 Å². The minimum absolute atomic E-state index is 0.0789. The molecule has 0 spiro atoms. The summed E-state index contributed by atoms with van der Waals surface area (Å²) < 4.78 is 0. The van der Waals surface area contributed by atoms with Crippen LogP contribution in [0.5, 0.6) is 0 Å². The van der Waals surface area contributed by atoms with Crippen LogP contribution in [0, 0.1) is 0 Å². The lowest BCUT2D eigenvalue weighted by atomic mass is 10.0. The van der Waals surface area contributed by atoms with E-state index in [4.69, 9.17) is 0 Å². The standard InChI is InChI=1S/C16H22N2O/c1-13(19)16-12-17-9-7-15(8-10-17)18(16)11-14-5-3-2-4-6-14/h2-6,15-16H,7-12H2,1H3. The maximum atomic E-state index is 12.0. The fraction of sp³-hybridized carbons (Fsp3) is 0.562. The molecule has 3 saturated heterocycles. The van der Waals surface area contributed by atoms with Crippen molar-refractivity contribution in [3.8, 4) is 0 Å². The van der Waals surface area contributed by atoms with E-state index in [-0.39, 0.29) is 6.04 Å². The van der Waals surface area contributed by atoms with E-state index in [0.717, 1.165) is 26.2 Å². The van der Waals surface area contributed by atoms with Gasteiger partial charge >= 0.3 is 0 Å². The molecule has 0 aliphatic carbocycles. The Labute approximate surface area is 115 Å². The number of nitrogens with zero attached hydrogens (tertiary/aromatic N) is 2. The van der Waals surface area contributed by atoms with Gasteiger partial charge in [0.2, 0.25) is 0 Å². The Hall–Kier alpha value is -1.19. The van der Waals surface area contributed by atoms with Crippen molar-refractivity contribution in [3.63, 3.8) is 0 Å². The highest BCUT2D eigenvalue weighted by atomic mass is 16.1. The molecule has 0 amide bonds. The van der Waals surface area contributed by atoms with Gasteiger partial charge in [-0.1, -0.05) is 30.3 Å². The maximum absolute atomic E-state index is 12.0. The summed E-state index contributed by atoms with van der Waals surface area (Å²) in [7, 11) is 0. The van der Waals surface area contributed by atoms with Crippen LogP contribution in [0.25, 0.3) is 0 Å². The van der Waals surface area contributed by atoms with Gasteiger partial charge in [0.05, 0.1) is 6.04 Å². The molecule has 19 heavy (non-hydrogen) atoms. The molecule has 1 unspecified atom stereocenters. The second kappa shape index (κ2) is 5.43. The molecule has 102 valence electrons. The Morgan fingerprint density at radius 3 is 2.53 bits per heavy atom. The van der Waals surface area contributed by atoms with Crippen molar-refractivity contribution >= 4 is 5.78 Å². The molecule has 3 heterocycles. The van der Waals surface area contributed by atoms with Crippen molar-refractivity contribution in [2.24, 2.45) is 0 Å². The summed E-state index contributed by atoms with van der Waals surface area (Å²) in [5.74, 6) is 0.315. The predicted molar refractivity (Wildman–Crippen MR) is 75.9 cm³/mol. The number of carbonyl (C=O) groups is 1. The lowest BCUT2D eigenvalue weighted by molar-refractivity contribution is -0.123. The Balaban J connectivity index is 1.84. The van der Waals surface area contributed by atoms with Crippen molar-refractivity contribution in [2.75, 3.05) is 19.6 Å². The van der Waals surface area contributed by atoms with Crippen LogP contribution in [0.15, 0.2) is 30.3 Å². The van der Waals surface area contributed by atoms with E-state index in [1.54, 1.807) is 6.92 Å². The largest absolute Gasteiger partial charge is 0.301 e. The summed E-state index contributed by atoms with van der Waals surface area (Å²) in [6.07, 6.45) is 2.41. The summed E-state index contributed by atoms with van der Waals surface area (Å²) in [6, 6.07) is 11.2. The molecule has 3 fully saturated rings. The van der Waals surface area contributed by atoms with Crippen LogP contribution in [-0.4, -0.2) is 47.3 Å². The average molecular weight is 258 g/mol. The fourth-order valence-electron chi connectivity index (χ4n) is 3.43. The first-order valence-corrected chi connectivity index (χ1v) is 7.26. The second-order valence-corrected chi connectivity index (χ2v) is 5.82. The van der Waals surface area contributed by atoms with Crippen molar-refractivity contribution in [2.45, 2.75) is 38.4 Å². The number of Topliss-reactive ketones (excluding diaryl/α,β-unsaturated/α-hetero) is 1. The Bertz CT molecular complexity index is 437. The van der Waals surface area contributed by atoms with Gasteiger partial charge < -0.3 is 4.90 Å². The molecule has 3 heteroatoms. The topological polar surface area (TPSA) is 23.6 Å². The minimum atomic E-state index is 0.0789. The Kier molecular flexibility index (Phi) is 3.67. The molecule has 1 aromatic rings. The number of rotatable bonds is 3. The molecule has 2 bridgehead atoms. The molecule has 0 saturated carbocycles. The number of hydrogen-bond acceptors (Lipinski definition) is 3. The quantitative estimate of drug-likeness (QED) is 0.827. The summed E-state index contributed by atoms with van der Waals surface area (Å²) in [5, 5.41) is 0. The third kappa shape index (κ3) is 2.72. The zero-order valence-electron chi connectivity index (χ0n) is 11.6. The summed E-state index contributed by atoms with van der Waals surface area (Å²) >= 11 is 0. The lowest BCUT2D eigenvalue weighted by Gasteiger charge is -2.34. The SMILES string of the molecule is CC(=O)C1CN2CCC(CC2)N1Cc1ccccc1. The highest BCUT2D eigenvalue weighted by Gasteiger charge is 2.37. The van der Waals surface area contributed by atoms with Crippen LogP contribution in [0.2, 0.25) is 0 Å². The van der Waals surface area contributed by atoms with Crippen LogP contribution in [-0.2, 0) is 11.3 Å². The molecule has 4 rings (SSSR count). The molecular weight excluding hydrogens is 236 g/mol. The molecule has 0 radical (unpaired) electrons. The summed E-state index contributed by atoms with van der Waals surface area (Å²) in [4.78, 5) is 16.9. The minimum Gasteiger partial charge on any atom is -0.301 e. The zero-order valence-corrected chi connectivity index (χ0v) is 11.6. The third-order valence-electron chi connectivity index (χ3n) is 4.53. The van der Waals surface area contributed by atoms with Gasteiger partial charge in [0, 0.05) is 19.1 Å². The first kappa shape index (κ1) is 12.8. The number of ketones is 1. The summed E-state index contributed by atoms with van der Waals surface area (Å²) in [5.41, 5.74) is 1.31. The third-order valence-corrected chi connectivity index (χ3v) is 4.53. The van der Waals surface area contributed by atoms with Gasteiger partial charge in [-0.2, -0.15) is 0 Å². The molecular formula is C16H22N2O. The van der Waals surface area contributed by atoms with Gasteiger partial charge in [-0.3, -0.25) is 9.69 Å². The van der Waals surface area contributed by atoms with Crippen molar-refractivity contribution in [1.82, 2.24) is 9.80 Å². The van der Waals surface area contributed by atoms with E-state index in [2.05, 4.69) is 34.1 Å². The monoisotopic (exact) mass is 258 g/mol. The number of carbonyl (C=O) groups excluding carboxylic acids is 1. The second-order valence-electron chi connectivity index (χ2n) is 5.82. The van der Waals surface area contributed by atoms with E-state index < -0.39 is 0 Å². The smallest absolute Gasteiger partial charge is 0.148 e. The van der Waals surface area contributed by atoms with Gasteiger partial charge in [-0.05, 0) is 38.4 Å². The van der Waals surface area contributed by atoms with E-state index in [0.29, 0.717) is 11.8 Å². The van der Waals surface area contributed by atoms with Crippen molar-refractivity contribution in [1.29, 1.82) is 0 Å². The maximum Gasteiger partial charge on any atom is 0.148 e. The zero-order chi connectivity index (χ0) is 13.2. The highest BCUT2D eigenvalue weighted by molar-refractivity contribution is 5.81. The van der Waals surface area contributed by atoms with Crippen LogP contribution < -0.4 is 0 Å². The number of benzene rings is 1. The average Bonchev–Trinajstić information content (AvgIpc) is 2.70. The number of piperidine rings is 1. The van der Waals surface area contributed by atoms with E-state index in [1.165, 1.54) is 18.4 Å². The van der Waals surface area contributed by atoms with E-state index in [1.807, 2.05) is 6.07 Å². The molecule has 1 aromatic carbocycles. The number of fused-ring (bicyclic) bond motifs is 4. The van der Waals surface area contributed by atoms with E-state index in [9.17, 15) is 4.79 Å². The van der Waals surface area contributed by atoms with Crippen molar-refractivity contribution in [3.05, 3.63) is 35.9 Å².